The van der Waals surface area contributed by atoms with E-state index in [1.54, 1.807) is 6.20 Å². The molecule has 0 radical (unpaired) electrons. The molecule has 3 aromatic rings. The fourth-order valence-electron chi connectivity index (χ4n) is 7.09. The highest BCUT2D eigenvalue weighted by Gasteiger charge is 2.40. The van der Waals surface area contributed by atoms with Crippen LogP contribution < -0.4 is 0 Å². The number of rotatable bonds is 5. The van der Waals surface area contributed by atoms with Crippen molar-refractivity contribution in [3.63, 3.8) is 0 Å². The number of aromatic nitrogens is 1. The van der Waals surface area contributed by atoms with Crippen LogP contribution in [0.3, 0.4) is 0 Å². The summed E-state index contributed by atoms with van der Waals surface area (Å²) in [5.41, 5.74) is -1.99. The zero-order chi connectivity index (χ0) is 31.2. The van der Waals surface area contributed by atoms with Gasteiger partial charge in [0.15, 0.2) is 0 Å². The number of H-pyrrole nitrogens is 1. The summed E-state index contributed by atoms with van der Waals surface area (Å²) >= 11 is 0. The first-order chi connectivity index (χ1) is 20.8. The average molecular weight is 657 g/mol. The summed E-state index contributed by atoms with van der Waals surface area (Å²) in [5.74, 6) is 0.135. The molecule has 7 rings (SSSR count). The first-order valence-electron chi connectivity index (χ1n) is 15.0. The number of fused-ring (bicyclic) bond motifs is 5. The van der Waals surface area contributed by atoms with Crippen LogP contribution in [0.5, 0.6) is 0 Å². The minimum atomic E-state index is -5.06. The van der Waals surface area contributed by atoms with Crippen molar-refractivity contribution >= 4 is 35.1 Å². The van der Waals surface area contributed by atoms with Crippen molar-refractivity contribution in [2.75, 3.05) is 39.3 Å². The molecule has 2 aromatic carbocycles. The third-order valence-electron chi connectivity index (χ3n) is 9.43. The number of piperazine rings is 1. The molecule has 3 aliphatic heterocycles. The summed E-state index contributed by atoms with van der Waals surface area (Å²) in [6.07, 6.45) is -3.49. The Labute approximate surface area is 263 Å². The van der Waals surface area contributed by atoms with Crippen molar-refractivity contribution in [2.24, 2.45) is 11.8 Å². The fraction of sp³-hybridized carbons (Fsp3) is 0.500. The lowest BCUT2D eigenvalue weighted by atomic mass is 9.84. The number of carbonyl (C=O) groups is 2. The van der Waals surface area contributed by atoms with Gasteiger partial charge in [-0.1, -0.05) is 18.2 Å². The van der Waals surface area contributed by atoms with E-state index in [0.717, 1.165) is 55.2 Å². The van der Waals surface area contributed by atoms with E-state index in [9.17, 15) is 35.9 Å². The quantitative estimate of drug-likeness (QED) is 0.313. The average Bonchev–Trinajstić information content (AvgIpc) is 3.13. The molecule has 4 aliphatic rings. The molecule has 1 aliphatic carbocycles. The Kier molecular flexibility index (Phi) is 9.47. The SMILES string of the molecule is Cl.O=C(CN1CCN(C(=O)c2cc(C(F)(F)F)cc(C(F)(F)F)c2)[C@H](Cc2c[nH]c3ccccc23)C1)N1CC2CCC(CC2)C1. The van der Waals surface area contributed by atoms with Crippen molar-refractivity contribution < 1.29 is 35.9 Å². The predicted molar refractivity (Wildman–Crippen MR) is 159 cm³/mol. The van der Waals surface area contributed by atoms with Gasteiger partial charge in [-0.3, -0.25) is 14.5 Å². The van der Waals surface area contributed by atoms with Crippen LogP contribution in [0.2, 0.25) is 0 Å². The van der Waals surface area contributed by atoms with E-state index in [2.05, 4.69) is 4.98 Å². The smallest absolute Gasteiger partial charge is 0.361 e. The molecule has 2 amide bonds. The summed E-state index contributed by atoms with van der Waals surface area (Å²) < 4.78 is 81.5. The van der Waals surface area contributed by atoms with E-state index >= 15 is 0 Å². The van der Waals surface area contributed by atoms with E-state index in [0.29, 0.717) is 30.4 Å². The Morgan fingerprint density at radius 1 is 0.822 bits per heavy atom. The van der Waals surface area contributed by atoms with Gasteiger partial charge in [0.25, 0.3) is 5.91 Å². The minimum absolute atomic E-state index is 0. The molecule has 4 heterocycles. The second kappa shape index (κ2) is 12.9. The van der Waals surface area contributed by atoms with Gasteiger partial charge in [0.1, 0.15) is 0 Å². The number of nitrogens with zero attached hydrogens (tertiary/aromatic N) is 3. The number of carbonyl (C=O) groups excluding carboxylic acids is 2. The number of para-hydroxylation sites is 1. The number of hydrogen-bond acceptors (Lipinski definition) is 3. The fourth-order valence-corrected chi connectivity index (χ4v) is 7.09. The molecule has 2 bridgehead atoms. The molecular formula is C32H35ClF6N4O2. The molecule has 4 fully saturated rings. The summed E-state index contributed by atoms with van der Waals surface area (Å²) in [4.78, 5) is 35.6. The van der Waals surface area contributed by atoms with Gasteiger partial charge in [0.05, 0.1) is 17.7 Å². The van der Waals surface area contributed by atoms with E-state index in [1.165, 1.54) is 4.90 Å². The normalized spacial score (nSPS) is 22.8. The van der Waals surface area contributed by atoms with Gasteiger partial charge in [-0.25, -0.2) is 0 Å². The molecule has 45 heavy (non-hydrogen) atoms. The lowest BCUT2D eigenvalue weighted by Crippen LogP contribution is -2.57. The van der Waals surface area contributed by atoms with Crippen LogP contribution in [-0.4, -0.2) is 76.8 Å². The number of aromatic amines is 1. The molecule has 1 saturated carbocycles. The summed E-state index contributed by atoms with van der Waals surface area (Å²) in [7, 11) is 0. The van der Waals surface area contributed by atoms with Gasteiger partial charge in [0.2, 0.25) is 5.91 Å². The molecule has 1 atom stereocenters. The molecular weight excluding hydrogens is 622 g/mol. The second-order valence-corrected chi connectivity index (χ2v) is 12.4. The van der Waals surface area contributed by atoms with Crippen molar-refractivity contribution in [2.45, 2.75) is 50.5 Å². The highest BCUT2D eigenvalue weighted by molar-refractivity contribution is 5.95. The standard InChI is InChI=1S/C32H34F6N4O2.ClH/c33-31(34,35)24-11-22(12-25(14-24)32(36,37)38)30(44)42-10-9-40(19-29(43)41-16-20-5-6-21(17-41)8-7-20)18-26(42)13-23-15-39-28-4-2-1-3-27(23)28;/h1-4,11-12,14-15,20-21,26,39H,5-10,13,16-19H2;1H/t20?,21?,26-;/m1./s1. The van der Waals surface area contributed by atoms with Crippen LogP contribution in [-0.2, 0) is 23.6 Å². The molecule has 0 unspecified atom stereocenters. The second-order valence-electron chi connectivity index (χ2n) is 12.4. The van der Waals surface area contributed by atoms with Crippen LogP contribution in [0.1, 0.15) is 52.7 Å². The summed E-state index contributed by atoms with van der Waals surface area (Å²) in [5, 5.41) is 0.909. The predicted octanol–water partition coefficient (Wildman–Crippen LogP) is 6.65. The molecule has 1 aromatic heterocycles. The molecule has 13 heteroatoms. The van der Waals surface area contributed by atoms with Gasteiger partial charge >= 0.3 is 12.4 Å². The topological polar surface area (TPSA) is 59.7 Å². The maximum atomic E-state index is 13.7. The van der Waals surface area contributed by atoms with E-state index in [1.807, 2.05) is 34.1 Å². The molecule has 1 N–H and O–H groups in total. The summed E-state index contributed by atoms with van der Waals surface area (Å²) in [6, 6.07) is 7.95. The number of alkyl halides is 6. The maximum absolute atomic E-state index is 13.7. The first kappa shape index (κ1) is 33.1. The van der Waals surface area contributed by atoms with Crippen LogP contribution in [0, 0.1) is 11.8 Å². The number of amides is 2. The molecule has 0 spiro atoms. The first-order valence-corrected chi connectivity index (χ1v) is 15.0. The zero-order valence-corrected chi connectivity index (χ0v) is 25.3. The van der Waals surface area contributed by atoms with Crippen molar-refractivity contribution in [3.05, 3.63) is 70.9 Å². The van der Waals surface area contributed by atoms with Gasteiger partial charge < -0.3 is 14.8 Å². The minimum Gasteiger partial charge on any atom is -0.361 e. The Balaban J connectivity index is 0.00000400. The number of nitrogens with one attached hydrogen (secondary N) is 1. The van der Waals surface area contributed by atoms with Crippen LogP contribution in [0.25, 0.3) is 10.9 Å². The number of hydrogen-bond donors (Lipinski definition) is 1. The van der Waals surface area contributed by atoms with Gasteiger partial charge in [-0.05, 0) is 73.8 Å². The molecule has 3 saturated heterocycles. The lowest BCUT2D eigenvalue weighted by molar-refractivity contribution is -0.143. The van der Waals surface area contributed by atoms with Crippen molar-refractivity contribution in [3.8, 4) is 0 Å². The Morgan fingerprint density at radius 2 is 1.42 bits per heavy atom. The Morgan fingerprint density at radius 3 is 2.02 bits per heavy atom. The number of benzene rings is 2. The third-order valence-corrected chi connectivity index (χ3v) is 9.43. The van der Waals surface area contributed by atoms with Crippen molar-refractivity contribution in [1.82, 2.24) is 19.7 Å². The third kappa shape index (κ3) is 7.27. The largest absolute Gasteiger partial charge is 0.416 e. The van der Waals surface area contributed by atoms with Crippen LogP contribution in [0.15, 0.2) is 48.7 Å². The maximum Gasteiger partial charge on any atom is 0.416 e. The van der Waals surface area contributed by atoms with Crippen LogP contribution in [0.4, 0.5) is 26.3 Å². The monoisotopic (exact) mass is 656 g/mol. The Hall–Kier alpha value is -3.25. The van der Waals surface area contributed by atoms with Crippen LogP contribution >= 0.6 is 12.4 Å². The molecule has 244 valence electrons. The Bertz CT molecular complexity index is 1490. The zero-order valence-electron chi connectivity index (χ0n) is 24.5. The highest BCUT2D eigenvalue weighted by Crippen LogP contribution is 2.37. The van der Waals surface area contributed by atoms with Gasteiger partial charge in [-0.2, -0.15) is 26.3 Å². The van der Waals surface area contributed by atoms with E-state index in [4.69, 9.17) is 0 Å². The van der Waals surface area contributed by atoms with E-state index in [-0.39, 0.29) is 50.6 Å². The lowest BCUT2D eigenvalue weighted by Gasteiger charge is -2.42. The van der Waals surface area contributed by atoms with Gasteiger partial charge in [0, 0.05) is 61.4 Å². The highest BCUT2D eigenvalue weighted by atomic mass is 35.5. The number of halogens is 7. The summed E-state index contributed by atoms with van der Waals surface area (Å²) in [6.45, 7) is 2.21. The molecule has 6 nitrogen and oxygen atoms in total. The van der Waals surface area contributed by atoms with Gasteiger partial charge in [-0.15, -0.1) is 12.4 Å². The van der Waals surface area contributed by atoms with Crippen molar-refractivity contribution in [1.29, 1.82) is 0 Å². The van der Waals surface area contributed by atoms with E-state index < -0.39 is 41.0 Å².